The van der Waals surface area contributed by atoms with E-state index in [-0.39, 0.29) is 29.8 Å². The SMILES string of the molecule is NCC1CCCCC1NC(=O)C1CCC(NC(=O)CC2CCCCC2)CC1. The van der Waals surface area contributed by atoms with Crippen LogP contribution in [0.3, 0.4) is 0 Å². The molecule has 3 fully saturated rings. The minimum atomic E-state index is 0.108. The first-order chi connectivity index (χ1) is 13.2. The molecule has 2 atom stereocenters. The summed E-state index contributed by atoms with van der Waals surface area (Å²) in [6, 6.07) is 0.529. The molecular formula is C22H39N3O2. The number of rotatable bonds is 6. The van der Waals surface area contributed by atoms with Gasteiger partial charge in [0.1, 0.15) is 0 Å². The molecule has 0 heterocycles. The van der Waals surface area contributed by atoms with Crippen LogP contribution >= 0.6 is 0 Å². The first kappa shape index (κ1) is 20.6. The van der Waals surface area contributed by atoms with E-state index in [4.69, 9.17) is 5.73 Å². The van der Waals surface area contributed by atoms with Gasteiger partial charge in [-0.3, -0.25) is 9.59 Å². The molecule has 2 unspecified atom stereocenters. The summed E-state index contributed by atoms with van der Waals surface area (Å²) in [5.74, 6) is 1.58. The minimum absolute atomic E-state index is 0.108. The van der Waals surface area contributed by atoms with Gasteiger partial charge in [-0.2, -0.15) is 0 Å². The van der Waals surface area contributed by atoms with E-state index in [9.17, 15) is 9.59 Å². The molecule has 0 bridgehead atoms. The lowest BCUT2D eigenvalue weighted by Gasteiger charge is -2.34. The molecule has 0 aromatic carbocycles. The molecule has 3 rings (SSSR count). The Kier molecular flexibility index (Phi) is 7.98. The molecule has 154 valence electrons. The zero-order valence-corrected chi connectivity index (χ0v) is 16.9. The monoisotopic (exact) mass is 377 g/mol. The van der Waals surface area contributed by atoms with Crippen molar-refractivity contribution < 1.29 is 9.59 Å². The molecule has 5 heteroatoms. The van der Waals surface area contributed by atoms with Crippen molar-refractivity contribution in [3.8, 4) is 0 Å². The van der Waals surface area contributed by atoms with Gasteiger partial charge in [-0.15, -0.1) is 0 Å². The Morgan fingerprint density at radius 3 is 2.15 bits per heavy atom. The molecule has 0 aromatic rings. The molecule has 27 heavy (non-hydrogen) atoms. The van der Waals surface area contributed by atoms with Gasteiger partial charge in [-0.25, -0.2) is 0 Å². The summed E-state index contributed by atoms with van der Waals surface area (Å²) in [7, 11) is 0. The molecule has 0 radical (unpaired) electrons. The van der Waals surface area contributed by atoms with Gasteiger partial charge in [-0.05, 0) is 69.7 Å². The van der Waals surface area contributed by atoms with E-state index in [1.807, 2.05) is 0 Å². The van der Waals surface area contributed by atoms with Crippen LogP contribution < -0.4 is 16.4 Å². The van der Waals surface area contributed by atoms with Gasteiger partial charge in [-0.1, -0.05) is 32.1 Å². The number of carbonyl (C=O) groups excluding carboxylic acids is 2. The summed E-state index contributed by atoms with van der Waals surface area (Å²) in [5.41, 5.74) is 5.89. The fraction of sp³-hybridized carbons (Fsp3) is 0.909. The normalized spacial score (nSPS) is 32.6. The predicted molar refractivity (Wildman–Crippen MR) is 108 cm³/mol. The average molecular weight is 378 g/mol. The number of amides is 2. The van der Waals surface area contributed by atoms with E-state index >= 15 is 0 Å². The maximum Gasteiger partial charge on any atom is 0.223 e. The molecule has 5 nitrogen and oxygen atoms in total. The fourth-order valence-electron chi connectivity index (χ4n) is 5.42. The zero-order chi connectivity index (χ0) is 19.1. The number of nitrogens with one attached hydrogen (secondary N) is 2. The largest absolute Gasteiger partial charge is 0.353 e. The van der Waals surface area contributed by atoms with Gasteiger partial charge in [0.2, 0.25) is 11.8 Å². The highest BCUT2D eigenvalue weighted by Gasteiger charge is 2.31. The van der Waals surface area contributed by atoms with Crippen molar-refractivity contribution in [2.75, 3.05) is 6.54 Å². The van der Waals surface area contributed by atoms with Crippen LogP contribution in [-0.4, -0.2) is 30.4 Å². The Labute approximate surface area is 164 Å². The number of nitrogens with two attached hydrogens (primary N) is 1. The van der Waals surface area contributed by atoms with Crippen LogP contribution in [0.15, 0.2) is 0 Å². The van der Waals surface area contributed by atoms with Gasteiger partial charge in [0.15, 0.2) is 0 Å². The zero-order valence-electron chi connectivity index (χ0n) is 16.9. The van der Waals surface area contributed by atoms with Crippen molar-refractivity contribution in [2.45, 2.75) is 102 Å². The van der Waals surface area contributed by atoms with Crippen molar-refractivity contribution >= 4 is 11.8 Å². The Balaban J connectivity index is 1.36. The van der Waals surface area contributed by atoms with Gasteiger partial charge < -0.3 is 16.4 Å². The molecule has 3 aliphatic rings. The summed E-state index contributed by atoms with van der Waals surface area (Å²) in [5, 5.41) is 6.53. The molecule has 3 saturated carbocycles. The molecule has 0 saturated heterocycles. The molecule has 3 aliphatic carbocycles. The van der Waals surface area contributed by atoms with Crippen molar-refractivity contribution in [2.24, 2.45) is 23.5 Å². The summed E-state index contributed by atoms with van der Waals surface area (Å²) in [6.45, 7) is 0.671. The minimum Gasteiger partial charge on any atom is -0.353 e. The quantitative estimate of drug-likeness (QED) is 0.664. The summed E-state index contributed by atoms with van der Waals surface area (Å²) < 4.78 is 0. The average Bonchev–Trinajstić information content (AvgIpc) is 2.69. The van der Waals surface area contributed by atoms with Crippen LogP contribution in [-0.2, 0) is 9.59 Å². The van der Waals surface area contributed by atoms with E-state index in [0.717, 1.165) is 38.5 Å². The van der Waals surface area contributed by atoms with Gasteiger partial charge in [0.25, 0.3) is 0 Å². The van der Waals surface area contributed by atoms with Crippen LogP contribution in [0.2, 0.25) is 0 Å². The molecule has 0 aliphatic heterocycles. The van der Waals surface area contributed by atoms with E-state index in [2.05, 4.69) is 10.6 Å². The highest BCUT2D eigenvalue weighted by atomic mass is 16.2. The van der Waals surface area contributed by atoms with Crippen LogP contribution in [0, 0.1) is 17.8 Å². The topological polar surface area (TPSA) is 84.2 Å². The van der Waals surface area contributed by atoms with Crippen molar-refractivity contribution in [3.05, 3.63) is 0 Å². The second kappa shape index (κ2) is 10.4. The lowest BCUT2D eigenvalue weighted by Crippen LogP contribution is -2.48. The Morgan fingerprint density at radius 1 is 0.778 bits per heavy atom. The van der Waals surface area contributed by atoms with E-state index in [0.29, 0.717) is 24.8 Å². The third kappa shape index (κ3) is 6.20. The molecular weight excluding hydrogens is 338 g/mol. The number of carbonyl (C=O) groups is 2. The molecule has 2 amide bonds. The molecule has 4 N–H and O–H groups in total. The second-order valence-electron chi connectivity index (χ2n) is 9.22. The lowest BCUT2D eigenvalue weighted by atomic mass is 9.82. The summed E-state index contributed by atoms with van der Waals surface area (Å²) in [6.07, 6.45) is 15.3. The fourth-order valence-corrected chi connectivity index (χ4v) is 5.42. The first-order valence-corrected chi connectivity index (χ1v) is 11.5. The highest BCUT2D eigenvalue weighted by Crippen LogP contribution is 2.29. The van der Waals surface area contributed by atoms with Crippen LogP contribution in [0.4, 0.5) is 0 Å². The third-order valence-electron chi connectivity index (χ3n) is 7.20. The predicted octanol–water partition coefficient (Wildman–Crippen LogP) is 3.27. The van der Waals surface area contributed by atoms with Crippen molar-refractivity contribution in [3.63, 3.8) is 0 Å². The number of hydrogen-bond acceptors (Lipinski definition) is 3. The van der Waals surface area contributed by atoms with Gasteiger partial charge in [0, 0.05) is 24.4 Å². The second-order valence-corrected chi connectivity index (χ2v) is 9.22. The van der Waals surface area contributed by atoms with E-state index in [1.54, 1.807) is 0 Å². The summed E-state index contributed by atoms with van der Waals surface area (Å²) >= 11 is 0. The molecule has 0 spiro atoms. The van der Waals surface area contributed by atoms with Crippen molar-refractivity contribution in [1.29, 1.82) is 0 Å². The summed E-state index contributed by atoms with van der Waals surface area (Å²) in [4.78, 5) is 25.0. The van der Waals surface area contributed by atoms with Crippen molar-refractivity contribution in [1.82, 2.24) is 10.6 Å². The Morgan fingerprint density at radius 2 is 1.44 bits per heavy atom. The highest BCUT2D eigenvalue weighted by molar-refractivity contribution is 5.79. The lowest BCUT2D eigenvalue weighted by molar-refractivity contribution is -0.127. The van der Waals surface area contributed by atoms with E-state index < -0.39 is 0 Å². The number of hydrogen-bond donors (Lipinski definition) is 3. The molecule has 0 aromatic heterocycles. The first-order valence-electron chi connectivity index (χ1n) is 11.5. The standard InChI is InChI=1S/C22H39N3O2/c23-15-18-8-4-5-9-20(18)25-22(27)17-10-12-19(13-11-17)24-21(26)14-16-6-2-1-3-7-16/h16-20H,1-15,23H2,(H,24,26)(H,25,27). The van der Waals surface area contributed by atoms with Crippen LogP contribution in [0.1, 0.15) is 89.9 Å². The van der Waals surface area contributed by atoms with Gasteiger partial charge >= 0.3 is 0 Å². The Hall–Kier alpha value is -1.10. The van der Waals surface area contributed by atoms with Crippen LogP contribution in [0.25, 0.3) is 0 Å². The smallest absolute Gasteiger partial charge is 0.223 e. The maximum absolute atomic E-state index is 12.7. The van der Waals surface area contributed by atoms with Crippen LogP contribution in [0.5, 0.6) is 0 Å². The van der Waals surface area contributed by atoms with E-state index in [1.165, 1.54) is 44.9 Å². The Bertz CT molecular complexity index is 482. The van der Waals surface area contributed by atoms with Gasteiger partial charge in [0.05, 0.1) is 0 Å². The maximum atomic E-state index is 12.7. The third-order valence-corrected chi connectivity index (χ3v) is 7.20.